The maximum atomic E-state index is 3.89. The van der Waals surface area contributed by atoms with Crippen molar-refractivity contribution in [3.63, 3.8) is 0 Å². The number of rotatable bonds is 4. The standard InChI is InChI=1S/C11H22N/c1-3-5-6-11-7-9-12(4-2)10-8-11/h11H,1,3-10H2,2H3. The molecular weight excluding hydrogens is 146 g/mol. The molecule has 0 aromatic carbocycles. The zero-order valence-electron chi connectivity index (χ0n) is 8.39. The van der Waals surface area contributed by atoms with Crippen molar-refractivity contribution in [2.45, 2.75) is 39.0 Å². The zero-order valence-corrected chi connectivity index (χ0v) is 8.39. The van der Waals surface area contributed by atoms with E-state index < -0.39 is 0 Å². The summed E-state index contributed by atoms with van der Waals surface area (Å²) < 4.78 is 0. The molecular formula is C11H22N. The van der Waals surface area contributed by atoms with Crippen LogP contribution in [0.5, 0.6) is 0 Å². The van der Waals surface area contributed by atoms with Crippen molar-refractivity contribution in [1.82, 2.24) is 4.90 Å². The van der Waals surface area contributed by atoms with Crippen LogP contribution in [0.4, 0.5) is 0 Å². The van der Waals surface area contributed by atoms with Crippen molar-refractivity contribution in [2.24, 2.45) is 5.92 Å². The van der Waals surface area contributed by atoms with Gasteiger partial charge in [-0.25, -0.2) is 0 Å². The molecule has 0 atom stereocenters. The van der Waals surface area contributed by atoms with Gasteiger partial charge in [0.25, 0.3) is 0 Å². The minimum atomic E-state index is 1.01. The second-order valence-corrected chi connectivity index (χ2v) is 3.87. The number of hydrogen-bond acceptors (Lipinski definition) is 1. The zero-order chi connectivity index (χ0) is 8.81. The topological polar surface area (TPSA) is 3.24 Å². The molecule has 1 heteroatoms. The molecule has 1 aliphatic heterocycles. The lowest BCUT2D eigenvalue weighted by molar-refractivity contribution is 0.185. The lowest BCUT2D eigenvalue weighted by Crippen LogP contribution is -2.33. The summed E-state index contributed by atoms with van der Waals surface area (Å²) in [6.07, 6.45) is 6.72. The van der Waals surface area contributed by atoms with Crippen molar-refractivity contribution in [1.29, 1.82) is 0 Å². The lowest BCUT2D eigenvalue weighted by Gasteiger charge is -2.30. The van der Waals surface area contributed by atoms with E-state index in [-0.39, 0.29) is 0 Å². The van der Waals surface area contributed by atoms with Crippen LogP contribution in [0.2, 0.25) is 0 Å². The summed E-state index contributed by atoms with van der Waals surface area (Å²) in [4.78, 5) is 2.56. The highest BCUT2D eigenvalue weighted by atomic mass is 15.1. The monoisotopic (exact) mass is 168 g/mol. The molecule has 1 saturated heterocycles. The first-order chi connectivity index (χ1) is 5.86. The molecule has 0 amide bonds. The number of piperidine rings is 1. The summed E-state index contributed by atoms with van der Waals surface area (Å²) >= 11 is 0. The van der Waals surface area contributed by atoms with Crippen LogP contribution < -0.4 is 0 Å². The Kier molecular flexibility index (Phi) is 4.67. The first-order valence-corrected chi connectivity index (χ1v) is 5.38. The van der Waals surface area contributed by atoms with E-state index in [0.717, 1.165) is 12.3 Å². The van der Waals surface area contributed by atoms with Gasteiger partial charge < -0.3 is 4.90 Å². The van der Waals surface area contributed by atoms with Crippen LogP contribution in [0, 0.1) is 12.8 Å². The molecule has 0 aromatic rings. The molecule has 1 radical (unpaired) electrons. The Morgan fingerprint density at radius 1 is 1.33 bits per heavy atom. The van der Waals surface area contributed by atoms with E-state index in [0.29, 0.717) is 0 Å². The van der Waals surface area contributed by atoms with E-state index in [2.05, 4.69) is 18.7 Å². The largest absolute Gasteiger partial charge is 0.304 e. The normalized spacial score (nSPS) is 21.5. The van der Waals surface area contributed by atoms with Gasteiger partial charge in [-0.2, -0.15) is 0 Å². The third kappa shape index (κ3) is 3.14. The van der Waals surface area contributed by atoms with Gasteiger partial charge in [0, 0.05) is 0 Å². The first-order valence-electron chi connectivity index (χ1n) is 5.38. The van der Waals surface area contributed by atoms with Crippen LogP contribution >= 0.6 is 0 Å². The Morgan fingerprint density at radius 2 is 2.00 bits per heavy atom. The third-order valence-electron chi connectivity index (χ3n) is 3.02. The number of hydrogen-bond donors (Lipinski definition) is 0. The SMILES string of the molecule is [CH2]CCCC1CCN(CC)CC1. The Bertz CT molecular complexity index is 104. The highest BCUT2D eigenvalue weighted by Crippen LogP contribution is 2.21. The van der Waals surface area contributed by atoms with E-state index in [4.69, 9.17) is 0 Å². The molecule has 12 heavy (non-hydrogen) atoms. The van der Waals surface area contributed by atoms with E-state index in [1.165, 1.54) is 45.3 Å². The van der Waals surface area contributed by atoms with Gasteiger partial charge in [-0.15, -0.1) is 0 Å². The average molecular weight is 168 g/mol. The van der Waals surface area contributed by atoms with Crippen molar-refractivity contribution in [2.75, 3.05) is 19.6 Å². The predicted molar refractivity (Wildman–Crippen MR) is 54.0 cm³/mol. The fourth-order valence-corrected chi connectivity index (χ4v) is 2.02. The molecule has 0 spiro atoms. The number of unbranched alkanes of at least 4 members (excludes halogenated alkanes) is 1. The van der Waals surface area contributed by atoms with Gasteiger partial charge in [-0.1, -0.05) is 33.1 Å². The molecule has 1 nitrogen and oxygen atoms in total. The molecule has 1 heterocycles. The van der Waals surface area contributed by atoms with Crippen LogP contribution in [-0.2, 0) is 0 Å². The Labute approximate surface area is 77.1 Å². The molecule has 0 aromatic heterocycles. The maximum Gasteiger partial charge on any atom is -0.00162 e. The van der Waals surface area contributed by atoms with Crippen LogP contribution in [0.25, 0.3) is 0 Å². The van der Waals surface area contributed by atoms with Crippen molar-refractivity contribution >= 4 is 0 Å². The van der Waals surface area contributed by atoms with Crippen LogP contribution in [0.1, 0.15) is 39.0 Å². The predicted octanol–water partition coefficient (Wildman–Crippen LogP) is 2.72. The van der Waals surface area contributed by atoms with Gasteiger partial charge in [0.1, 0.15) is 0 Å². The molecule has 71 valence electrons. The van der Waals surface area contributed by atoms with E-state index in [1.54, 1.807) is 0 Å². The van der Waals surface area contributed by atoms with E-state index in [9.17, 15) is 0 Å². The molecule has 0 bridgehead atoms. The first kappa shape index (κ1) is 10.0. The van der Waals surface area contributed by atoms with Crippen LogP contribution in [0.3, 0.4) is 0 Å². The van der Waals surface area contributed by atoms with Crippen molar-refractivity contribution < 1.29 is 0 Å². The van der Waals surface area contributed by atoms with Gasteiger partial charge in [0.05, 0.1) is 0 Å². The molecule has 0 unspecified atom stereocenters. The molecule has 1 fully saturated rings. The quantitative estimate of drug-likeness (QED) is 0.624. The van der Waals surface area contributed by atoms with E-state index >= 15 is 0 Å². The molecule has 1 rings (SSSR count). The van der Waals surface area contributed by atoms with Gasteiger partial charge in [-0.05, 0) is 38.4 Å². The summed E-state index contributed by atoms with van der Waals surface area (Å²) in [6, 6.07) is 0. The lowest BCUT2D eigenvalue weighted by atomic mass is 9.92. The second-order valence-electron chi connectivity index (χ2n) is 3.87. The fourth-order valence-electron chi connectivity index (χ4n) is 2.02. The summed E-state index contributed by atoms with van der Waals surface area (Å²) in [5.74, 6) is 1.01. The van der Waals surface area contributed by atoms with Gasteiger partial charge in [-0.3, -0.25) is 0 Å². The maximum absolute atomic E-state index is 3.89. The highest BCUT2D eigenvalue weighted by molar-refractivity contribution is 4.71. The number of nitrogens with zero attached hydrogens (tertiary/aromatic N) is 1. The van der Waals surface area contributed by atoms with Crippen molar-refractivity contribution in [3.8, 4) is 0 Å². The Morgan fingerprint density at radius 3 is 2.50 bits per heavy atom. The minimum absolute atomic E-state index is 1.01. The second kappa shape index (κ2) is 5.58. The summed E-state index contributed by atoms with van der Waals surface area (Å²) in [5, 5.41) is 0. The smallest absolute Gasteiger partial charge is 0.00162 e. The van der Waals surface area contributed by atoms with Gasteiger partial charge >= 0.3 is 0 Å². The molecule has 0 N–H and O–H groups in total. The average Bonchev–Trinajstić information content (AvgIpc) is 2.15. The molecule has 0 saturated carbocycles. The minimum Gasteiger partial charge on any atom is -0.304 e. The Hall–Kier alpha value is -0.0400. The summed E-state index contributed by atoms with van der Waals surface area (Å²) in [5.41, 5.74) is 0. The third-order valence-corrected chi connectivity index (χ3v) is 3.02. The number of likely N-dealkylation sites (tertiary alicyclic amines) is 1. The molecule has 0 aliphatic carbocycles. The van der Waals surface area contributed by atoms with Crippen LogP contribution in [-0.4, -0.2) is 24.5 Å². The Balaban J connectivity index is 2.09. The summed E-state index contributed by atoms with van der Waals surface area (Å²) in [6.45, 7) is 10.1. The summed E-state index contributed by atoms with van der Waals surface area (Å²) in [7, 11) is 0. The van der Waals surface area contributed by atoms with E-state index in [1.807, 2.05) is 0 Å². The van der Waals surface area contributed by atoms with Gasteiger partial charge in [0.2, 0.25) is 0 Å². The van der Waals surface area contributed by atoms with Crippen molar-refractivity contribution in [3.05, 3.63) is 6.92 Å². The fraction of sp³-hybridized carbons (Fsp3) is 0.909. The molecule has 1 aliphatic rings. The van der Waals surface area contributed by atoms with Gasteiger partial charge in [0.15, 0.2) is 0 Å². The van der Waals surface area contributed by atoms with Crippen LogP contribution in [0.15, 0.2) is 0 Å². The highest BCUT2D eigenvalue weighted by Gasteiger charge is 2.16.